The zero-order chi connectivity index (χ0) is 13.2. The highest BCUT2D eigenvalue weighted by Gasteiger charge is 2.26. The number of rotatable bonds is 0. The van der Waals surface area contributed by atoms with E-state index >= 15 is 0 Å². The van der Waals surface area contributed by atoms with Crippen molar-refractivity contribution in [3.8, 4) is 0 Å². The topological polar surface area (TPSA) is 58.8 Å². The van der Waals surface area contributed by atoms with Crippen LogP contribution in [0.1, 0.15) is 11.1 Å². The van der Waals surface area contributed by atoms with Crippen LogP contribution in [-0.2, 0) is 17.7 Å². The minimum Gasteiger partial charge on any atom is -0.398 e. The molecule has 3 rings (SSSR count). The lowest BCUT2D eigenvalue weighted by Crippen LogP contribution is -2.49. The van der Waals surface area contributed by atoms with Crippen molar-refractivity contribution in [1.82, 2.24) is 9.80 Å². The first-order chi connectivity index (χ1) is 9.25. The maximum atomic E-state index is 12.4. The standard InChI is InChI=1S/C14H19N3O2/c15-13-3-1-2-11-4-5-17(10-12(11)13)14(18)16-6-8-19-9-7-16/h1-3H,4-10,15H2. The minimum atomic E-state index is 0.109. The number of anilines is 1. The predicted octanol–water partition coefficient (Wildman–Crippen LogP) is 1.08. The van der Waals surface area contributed by atoms with Gasteiger partial charge in [-0.1, -0.05) is 12.1 Å². The summed E-state index contributed by atoms with van der Waals surface area (Å²) in [5, 5.41) is 0. The van der Waals surface area contributed by atoms with Gasteiger partial charge < -0.3 is 20.3 Å². The largest absolute Gasteiger partial charge is 0.398 e. The van der Waals surface area contributed by atoms with E-state index in [0.29, 0.717) is 32.8 Å². The molecule has 1 aromatic rings. The Labute approximate surface area is 112 Å². The van der Waals surface area contributed by atoms with Crippen molar-refractivity contribution in [2.75, 3.05) is 38.6 Å². The summed E-state index contributed by atoms with van der Waals surface area (Å²) < 4.78 is 5.28. The average molecular weight is 261 g/mol. The van der Waals surface area contributed by atoms with E-state index in [-0.39, 0.29) is 6.03 Å². The predicted molar refractivity (Wildman–Crippen MR) is 72.8 cm³/mol. The Hall–Kier alpha value is -1.75. The molecule has 0 bridgehead atoms. The molecule has 5 heteroatoms. The van der Waals surface area contributed by atoms with Gasteiger partial charge in [-0.05, 0) is 23.6 Å². The summed E-state index contributed by atoms with van der Waals surface area (Å²) in [6.07, 6.45) is 0.885. The lowest BCUT2D eigenvalue weighted by molar-refractivity contribution is 0.0422. The molecule has 1 fully saturated rings. The third-order valence-electron chi connectivity index (χ3n) is 3.86. The number of nitrogens with two attached hydrogens (primary N) is 1. The number of amides is 2. The van der Waals surface area contributed by atoms with Gasteiger partial charge in [0.15, 0.2) is 0 Å². The molecule has 0 radical (unpaired) electrons. The van der Waals surface area contributed by atoms with Crippen molar-refractivity contribution in [3.05, 3.63) is 29.3 Å². The average Bonchev–Trinajstić information content (AvgIpc) is 2.47. The highest BCUT2D eigenvalue weighted by atomic mass is 16.5. The molecule has 2 amide bonds. The molecule has 2 N–H and O–H groups in total. The van der Waals surface area contributed by atoms with Gasteiger partial charge in [0.25, 0.3) is 0 Å². The SMILES string of the molecule is Nc1cccc2c1CN(C(=O)N1CCOCC1)CC2. The van der Waals surface area contributed by atoms with E-state index in [2.05, 4.69) is 6.07 Å². The van der Waals surface area contributed by atoms with Crippen LogP contribution in [0.25, 0.3) is 0 Å². The van der Waals surface area contributed by atoms with Crippen molar-refractivity contribution in [2.45, 2.75) is 13.0 Å². The van der Waals surface area contributed by atoms with E-state index < -0.39 is 0 Å². The number of urea groups is 1. The molecule has 2 aliphatic rings. The second-order valence-electron chi connectivity index (χ2n) is 5.04. The molecule has 0 saturated carbocycles. The normalized spacial score (nSPS) is 19.2. The fourth-order valence-corrected chi connectivity index (χ4v) is 2.72. The molecule has 2 heterocycles. The molecule has 0 aromatic heterocycles. The maximum absolute atomic E-state index is 12.4. The fourth-order valence-electron chi connectivity index (χ4n) is 2.72. The van der Waals surface area contributed by atoms with Gasteiger partial charge >= 0.3 is 6.03 Å². The highest BCUT2D eigenvalue weighted by molar-refractivity contribution is 5.75. The van der Waals surface area contributed by atoms with Crippen LogP contribution < -0.4 is 5.73 Å². The maximum Gasteiger partial charge on any atom is 0.320 e. The summed E-state index contributed by atoms with van der Waals surface area (Å²) in [5.41, 5.74) is 9.18. The van der Waals surface area contributed by atoms with E-state index in [1.807, 2.05) is 21.9 Å². The highest BCUT2D eigenvalue weighted by Crippen LogP contribution is 2.25. The quantitative estimate of drug-likeness (QED) is 0.711. The van der Waals surface area contributed by atoms with Gasteiger partial charge in [0.1, 0.15) is 0 Å². The van der Waals surface area contributed by atoms with Crippen LogP contribution in [0.4, 0.5) is 10.5 Å². The molecular weight excluding hydrogens is 242 g/mol. The number of hydrogen-bond acceptors (Lipinski definition) is 3. The molecule has 0 spiro atoms. The monoisotopic (exact) mass is 261 g/mol. The smallest absolute Gasteiger partial charge is 0.320 e. The van der Waals surface area contributed by atoms with Gasteiger partial charge in [-0.3, -0.25) is 0 Å². The van der Waals surface area contributed by atoms with Crippen molar-refractivity contribution in [3.63, 3.8) is 0 Å². The van der Waals surface area contributed by atoms with Crippen LogP contribution in [0.5, 0.6) is 0 Å². The number of nitrogens with zero attached hydrogens (tertiary/aromatic N) is 2. The number of hydrogen-bond donors (Lipinski definition) is 1. The Kier molecular flexibility index (Phi) is 3.29. The van der Waals surface area contributed by atoms with E-state index in [0.717, 1.165) is 24.2 Å². The number of ether oxygens (including phenoxy) is 1. The number of carbonyl (C=O) groups is 1. The van der Waals surface area contributed by atoms with Crippen LogP contribution in [0, 0.1) is 0 Å². The molecule has 102 valence electrons. The Bertz CT molecular complexity index is 484. The van der Waals surface area contributed by atoms with Gasteiger partial charge in [0, 0.05) is 31.9 Å². The Morgan fingerprint density at radius 2 is 1.95 bits per heavy atom. The van der Waals surface area contributed by atoms with Crippen LogP contribution in [0.2, 0.25) is 0 Å². The molecule has 1 aromatic carbocycles. The first-order valence-electron chi connectivity index (χ1n) is 6.73. The van der Waals surface area contributed by atoms with Gasteiger partial charge in [0.2, 0.25) is 0 Å². The summed E-state index contributed by atoms with van der Waals surface area (Å²) in [5.74, 6) is 0. The van der Waals surface area contributed by atoms with E-state index in [1.165, 1.54) is 5.56 Å². The van der Waals surface area contributed by atoms with Gasteiger partial charge in [-0.25, -0.2) is 4.79 Å². The molecule has 0 unspecified atom stereocenters. The third-order valence-corrected chi connectivity index (χ3v) is 3.86. The van der Waals surface area contributed by atoms with Crippen molar-refractivity contribution >= 4 is 11.7 Å². The van der Waals surface area contributed by atoms with Crippen LogP contribution in [-0.4, -0.2) is 48.7 Å². The first kappa shape index (κ1) is 12.3. The first-order valence-corrected chi connectivity index (χ1v) is 6.73. The van der Waals surface area contributed by atoms with E-state index in [9.17, 15) is 4.79 Å². The van der Waals surface area contributed by atoms with Crippen LogP contribution in [0.3, 0.4) is 0 Å². The molecule has 0 aliphatic carbocycles. The Morgan fingerprint density at radius 1 is 1.16 bits per heavy atom. The van der Waals surface area contributed by atoms with Crippen LogP contribution >= 0.6 is 0 Å². The minimum absolute atomic E-state index is 0.109. The van der Waals surface area contributed by atoms with Crippen molar-refractivity contribution < 1.29 is 9.53 Å². The van der Waals surface area contributed by atoms with Gasteiger partial charge in [-0.2, -0.15) is 0 Å². The molecule has 0 atom stereocenters. The second kappa shape index (κ2) is 5.09. The van der Waals surface area contributed by atoms with E-state index in [4.69, 9.17) is 10.5 Å². The lowest BCUT2D eigenvalue weighted by atomic mass is 9.98. The summed E-state index contributed by atoms with van der Waals surface area (Å²) in [7, 11) is 0. The van der Waals surface area contributed by atoms with Crippen molar-refractivity contribution in [1.29, 1.82) is 0 Å². The number of fused-ring (bicyclic) bond motifs is 1. The molecule has 1 saturated heterocycles. The second-order valence-corrected chi connectivity index (χ2v) is 5.04. The van der Waals surface area contributed by atoms with Gasteiger partial charge in [-0.15, -0.1) is 0 Å². The summed E-state index contributed by atoms with van der Waals surface area (Å²) in [4.78, 5) is 16.2. The summed E-state index contributed by atoms with van der Waals surface area (Å²) in [6, 6.07) is 6.09. The number of morpholine rings is 1. The molecule has 2 aliphatic heterocycles. The number of carbonyl (C=O) groups excluding carboxylic acids is 1. The zero-order valence-corrected chi connectivity index (χ0v) is 11.0. The number of benzene rings is 1. The van der Waals surface area contributed by atoms with Crippen LogP contribution in [0.15, 0.2) is 18.2 Å². The zero-order valence-electron chi connectivity index (χ0n) is 11.0. The summed E-state index contributed by atoms with van der Waals surface area (Å²) >= 11 is 0. The lowest BCUT2D eigenvalue weighted by Gasteiger charge is -2.35. The molecule has 5 nitrogen and oxygen atoms in total. The molecule has 19 heavy (non-hydrogen) atoms. The fraction of sp³-hybridized carbons (Fsp3) is 0.500. The third kappa shape index (κ3) is 2.38. The number of nitrogen functional groups attached to an aromatic ring is 1. The van der Waals surface area contributed by atoms with Gasteiger partial charge in [0.05, 0.1) is 13.2 Å². The molecular formula is C14H19N3O2. The summed E-state index contributed by atoms with van der Waals surface area (Å²) in [6.45, 7) is 4.04. The Morgan fingerprint density at radius 3 is 2.74 bits per heavy atom. The van der Waals surface area contributed by atoms with E-state index in [1.54, 1.807) is 0 Å². The Balaban J connectivity index is 1.74. The van der Waals surface area contributed by atoms with Crippen molar-refractivity contribution in [2.24, 2.45) is 0 Å².